The topological polar surface area (TPSA) is 107 Å². The zero-order valence-electron chi connectivity index (χ0n) is 25.1. The summed E-state index contributed by atoms with van der Waals surface area (Å²) in [5.41, 5.74) is 4.77. The number of fused-ring (bicyclic) bond motifs is 1. The molecule has 9 nitrogen and oxygen atoms in total. The van der Waals surface area contributed by atoms with Crippen molar-refractivity contribution in [2.24, 2.45) is 4.99 Å². The van der Waals surface area contributed by atoms with Crippen LogP contribution in [0, 0.1) is 6.92 Å². The molecule has 0 aliphatic carbocycles. The van der Waals surface area contributed by atoms with Crippen LogP contribution in [-0.4, -0.2) is 97.4 Å². The van der Waals surface area contributed by atoms with Crippen molar-refractivity contribution >= 4 is 34.1 Å². The highest BCUT2D eigenvalue weighted by Gasteiger charge is 2.24. The molecule has 1 aliphatic heterocycles. The van der Waals surface area contributed by atoms with Crippen LogP contribution in [0.2, 0.25) is 0 Å². The molecule has 0 bridgehead atoms. The van der Waals surface area contributed by atoms with Gasteiger partial charge >= 0.3 is 5.97 Å². The van der Waals surface area contributed by atoms with E-state index in [-0.39, 0.29) is 18.3 Å². The number of hydrogen-bond acceptors (Lipinski definition) is 8. The summed E-state index contributed by atoms with van der Waals surface area (Å²) in [4.78, 5) is 37.6. The van der Waals surface area contributed by atoms with Gasteiger partial charge in [-0.2, -0.15) is 0 Å². The highest BCUT2D eigenvalue weighted by atomic mass is 16.5. The van der Waals surface area contributed by atoms with Crippen LogP contribution in [-0.2, 0) is 9.47 Å². The summed E-state index contributed by atoms with van der Waals surface area (Å²) < 4.78 is 10.6. The van der Waals surface area contributed by atoms with Crippen LogP contribution in [0.25, 0.3) is 10.9 Å². The number of nitrogens with zero attached hydrogens (tertiary/aromatic N) is 3. The third-order valence-electron chi connectivity index (χ3n) is 8.01. The van der Waals surface area contributed by atoms with Gasteiger partial charge in [-0.05, 0) is 75.9 Å². The van der Waals surface area contributed by atoms with Gasteiger partial charge in [0.15, 0.2) is 11.7 Å². The van der Waals surface area contributed by atoms with E-state index in [2.05, 4.69) is 28.9 Å². The Morgan fingerprint density at radius 2 is 1.81 bits per heavy atom. The van der Waals surface area contributed by atoms with Crippen molar-refractivity contribution in [1.29, 1.82) is 0 Å². The van der Waals surface area contributed by atoms with Gasteiger partial charge in [-0.15, -0.1) is 0 Å². The van der Waals surface area contributed by atoms with Gasteiger partial charge in [-0.1, -0.05) is 30.3 Å². The molecule has 9 heteroatoms. The molecule has 3 aromatic carbocycles. The molecule has 1 aliphatic rings. The minimum atomic E-state index is -0.447. The fourth-order valence-corrected chi connectivity index (χ4v) is 5.50. The van der Waals surface area contributed by atoms with Crippen molar-refractivity contribution < 1.29 is 24.2 Å². The zero-order chi connectivity index (χ0) is 30.5. The van der Waals surface area contributed by atoms with Gasteiger partial charge in [0.05, 0.1) is 36.2 Å². The molecule has 0 unspecified atom stereocenters. The number of aromatic nitrogens is 1. The Morgan fingerprint density at radius 3 is 2.49 bits per heavy atom. The van der Waals surface area contributed by atoms with Crippen molar-refractivity contribution in [2.45, 2.75) is 19.4 Å². The Bertz CT molecular complexity index is 1630. The van der Waals surface area contributed by atoms with E-state index in [1.54, 1.807) is 30.3 Å². The monoisotopic (exact) mass is 582 g/mol. The highest BCUT2D eigenvalue weighted by molar-refractivity contribution is 6.22. The largest absolute Gasteiger partial charge is 0.494 e. The first-order valence-electron chi connectivity index (χ1n) is 14.4. The van der Waals surface area contributed by atoms with Crippen LogP contribution in [0.5, 0.6) is 5.88 Å². The summed E-state index contributed by atoms with van der Waals surface area (Å²) in [7, 11) is 5.56. The molecular formula is C34H38N4O5. The molecule has 2 N–H and O–H groups in total. The molecule has 1 atom stereocenters. The molecule has 5 rings (SSSR count). The first-order valence-corrected chi connectivity index (χ1v) is 14.4. The van der Waals surface area contributed by atoms with Crippen LogP contribution in [0.3, 0.4) is 0 Å². The Hall–Kier alpha value is -4.31. The van der Waals surface area contributed by atoms with E-state index in [4.69, 9.17) is 14.5 Å². The summed E-state index contributed by atoms with van der Waals surface area (Å²) in [5, 5.41) is 11.8. The van der Waals surface area contributed by atoms with Crippen LogP contribution in [0.1, 0.15) is 43.8 Å². The van der Waals surface area contributed by atoms with E-state index in [1.165, 1.54) is 7.11 Å². The lowest BCUT2D eigenvalue weighted by molar-refractivity contribution is 0.0599. The Labute approximate surface area is 251 Å². The fourth-order valence-electron chi connectivity index (χ4n) is 5.50. The predicted octanol–water partition coefficient (Wildman–Crippen LogP) is 4.97. The number of H-pyrrole nitrogens is 1. The first kappa shape index (κ1) is 30.2. The second kappa shape index (κ2) is 13.3. The third-order valence-corrected chi connectivity index (χ3v) is 8.01. The van der Waals surface area contributed by atoms with E-state index in [1.807, 2.05) is 43.3 Å². The normalized spacial score (nSPS) is 15.8. The second-order valence-electron chi connectivity index (χ2n) is 11.1. The molecular weight excluding hydrogens is 544 g/mol. The van der Waals surface area contributed by atoms with Crippen LogP contribution >= 0.6 is 0 Å². The maximum Gasteiger partial charge on any atom is 0.338 e. The Kier molecular flexibility index (Phi) is 9.35. The Morgan fingerprint density at radius 1 is 1.07 bits per heavy atom. The van der Waals surface area contributed by atoms with E-state index in [9.17, 15) is 14.7 Å². The van der Waals surface area contributed by atoms with Crippen LogP contribution < -0.4 is 0 Å². The minimum absolute atomic E-state index is 0.0267. The number of carbonyl (C=O) groups is 2. The van der Waals surface area contributed by atoms with Crippen molar-refractivity contribution in [1.82, 2.24) is 14.8 Å². The summed E-state index contributed by atoms with van der Waals surface area (Å²) in [6.07, 6.45) is 1.16. The number of rotatable bonds is 11. The number of esters is 1. The summed E-state index contributed by atoms with van der Waals surface area (Å²) >= 11 is 0. The maximum absolute atomic E-state index is 12.8. The lowest BCUT2D eigenvalue weighted by Gasteiger charge is -2.20. The van der Waals surface area contributed by atoms with Crippen LogP contribution in [0.15, 0.2) is 71.7 Å². The predicted molar refractivity (Wildman–Crippen MR) is 168 cm³/mol. The van der Waals surface area contributed by atoms with E-state index in [0.29, 0.717) is 46.3 Å². The lowest BCUT2D eigenvalue weighted by Crippen LogP contribution is -2.33. The number of aromatic amines is 1. The highest BCUT2D eigenvalue weighted by Crippen LogP contribution is 2.33. The van der Waals surface area contributed by atoms with Crippen LogP contribution in [0.4, 0.5) is 5.69 Å². The standard InChI is InChI=1S/C34H38N4O5/c1-22-18-28-29(19-27(22)34(41)42-4)36-33(40)31(28)32(24-8-6-5-7-9-24)35-25-12-10-23(11-13-25)30(39)21-43-17-16-38-15-14-26(20-38)37(2)3/h5-13,18-19,26,36,40H,14-17,20-21H2,1-4H3/t26-/m0/s1. The number of likely N-dealkylation sites (N-methyl/N-ethyl adjacent to an activating group) is 1. The number of likely N-dealkylation sites (tertiary alicyclic amines) is 1. The smallest absolute Gasteiger partial charge is 0.338 e. The molecule has 1 saturated heterocycles. The fraction of sp³-hybridized carbons (Fsp3) is 0.324. The average molecular weight is 583 g/mol. The summed E-state index contributed by atoms with van der Waals surface area (Å²) in [5.74, 6) is -0.594. The number of benzene rings is 3. The Balaban J connectivity index is 1.34. The van der Waals surface area contributed by atoms with Gasteiger partial charge in [0, 0.05) is 41.2 Å². The van der Waals surface area contributed by atoms with E-state index in [0.717, 1.165) is 42.6 Å². The molecule has 2 heterocycles. The number of carbonyl (C=O) groups excluding carboxylic acids is 2. The molecule has 43 heavy (non-hydrogen) atoms. The number of Topliss-reactive ketones (excluding diaryl/α,β-unsaturated/α-hetero) is 1. The molecule has 0 radical (unpaired) electrons. The number of aryl methyl sites for hydroxylation is 1. The minimum Gasteiger partial charge on any atom is -0.494 e. The first-order chi connectivity index (χ1) is 20.7. The number of ketones is 1. The van der Waals surface area contributed by atoms with Crippen molar-refractivity contribution in [3.05, 3.63) is 94.5 Å². The van der Waals surface area contributed by atoms with Gasteiger partial charge in [-0.3, -0.25) is 9.69 Å². The molecule has 1 fully saturated rings. The molecule has 0 spiro atoms. The van der Waals surface area contributed by atoms with E-state index >= 15 is 0 Å². The second-order valence-corrected chi connectivity index (χ2v) is 11.1. The van der Waals surface area contributed by atoms with Gasteiger partial charge in [0.2, 0.25) is 0 Å². The SMILES string of the molecule is COC(=O)c1cc2[nH]c(O)c(C(=Nc3ccc(C(=O)COCCN4CC[C@H](N(C)C)C4)cc3)c3ccccc3)c2cc1C. The number of methoxy groups -OCH3 is 1. The summed E-state index contributed by atoms with van der Waals surface area (Å²) in [6, 6.07) is 20.7. The molecule has 224 valence electrons. The van der Waals surface area contributed by atoms with Gasteiger partial charge in [-0.25, -0.2) is 9.79 Å². The number of aliphatic imine (C=N–C) groups is 1. The number of ether oxygens (including phenoxy) is 2. The summed E-state index contributed by atoms with van der Waals surface area (Å²) in [6.45, 7) is 5.27. The van der Waals surface area contributed by atoms with Crippen molar-refractivity contribution in [3.63, 3.8) is 0 Å². The van der Waals surface area contributed by atoms with Crippen molar-refractivity contribution in [3.8, 4) is 5.88 Å². The van der Waals surface area contributed by atoms with Gasteiger partial charge in [0.1, 0.15) is 6.61 Å². The molecule has 0 saturated carbocycles. The maximum atomic E-state index is 12.8. The quantitative estimate of drug-likeness (QED) is 0.111. The van der Waals surface area contributed by atoms with Gasteiger partial charge < -0.3 is 24.5 Å². The van der Waals surface area contributed by atoms with E-state index < -0.39 is 5.97 Å². The number of nitrogens with one attached hydrogen (secondary N) is 1. The molecule has 4 aromatic rings. The van der Waals surface area contributed by atoms with Gasteiger partial charge in [0.25, 0.3) is 0 Å². The third kappa shape index (κ3) is 6.85. The zero-order valence-corrected chi connectivity index (χ0v) is 25.1. The number of hydrogen-bond donors (Lipinski definition) is 2. The average Bonchev–Trinajstić information content (AvgIpc) is 3.62. The molecule has 0 amide bonds. The number of aromatic hydroxyl groups is 1. The van der Waals surface area contributed by atoms with Crippen molar-refractivity contribution in [2.75, 3.05) is 54.1 Å². The lowest BCUT2D eigenvalue weighted by atomic mass is 9.98. The molecule has 1 aromatic heterocycles.